The average molecular weight is 379 g/mol. The molecular weight excluding hydrogens is 360 g/mol. The molecule has 1 amide bonds. The summed E-state index contributed by atoms with van der Waals surface area (Å²) in [5, 5.41) is 7.14. The minimum Gasteiger partial charge on any atom is -0.351 e. The standard InChI is InChI=1S/C17H19BrN2OS/c1-20(2)16(14-8-9-22-12-14)11-19-17(21)7-6-13-4-3-5-15(18)10-13/h3-10,12,16H,11H2,1-2H3,(H,19,21)/b7-6+. The van der Waals surface area contributed by atoms with E-state index in [2.05, 4.69) is 43.0 Å². The number of carbonyl (C=O) groups is 1. The molecule has 0 saturated carbocycles. The zero-order chi connectivity index (χ0) is 15.9. The molecule has 22 heavy (non-hydrogen) atoms. The van der Waals surface area contributed by atoms with E-state index in [1.54, 1.807) is 17.4 Å². The van der Waals surface area contributed by atoms with Crippen molar-refractivity contribution in [1.82, 2.24) is 10.2 Å². The molecule has 0 spiro atoms. The maximum absolute atomic E-state index is 12.0. The molecule has 1 atom stereocenters. The summed E-state index contributed by atoms with van der Waals surface area (Å²) in [7, 11) is 4.04. The van der Waals surface area contributed by atoms with Crippen LogP contribution in [-0.4, -0.2) is 31.4 Å². The fraction of sp³-hybridized carbons (Fsp3) is 0.235. The number of nitrogens with one attached hydrogen (secondary N) is 1. The number of benzene rings is 1. The Bertz CT molecular complexity index is 638. The third-order valence-corrected chi connectivity index (χ3v) is 4.49. The van der Waals surface area contributed by atoms with Crippen LogP contribution in [0, 0.1) is 0 Å². The SMILES string of the molecule is CN(C)C(CNC(=O)/C=C/c1cccc(Br)c1)c1ccsc1. The zero-order valence-corrected chi connectivity index (χ0v) is 15.0. The van der Waals surface area contributed by atoms with Crippen molar-refractivity contribution < 1.29 is 4.79 Å². The molecule has 2 aromatic rings. The third-order valence-electron chi connectivity index (χ3n) is 3.30. The molecule has 1 heterocycles. The molecule has 0 fully saturated rings. The van der Waals surface area contributed by atoms with Gasteiger partial charge in [-0.3, -0.25) is 4.79 Å². The Kier molecular flexibility index (Phi) is 6.36. The van der Waals surface area contributed by atoms with E-state index >= 15 is 0 Å². The number of amides is 1. The number of halogens is 1. The lowest BCUT2D eigenvalue weighted by molar-refractivity contribution is -0.116. The number of hydrogen-bond donors (Lipinski definition) is 1. The first-order valence-electron chi connectivity index (χ1n) is 6.96. The van der Waals surface area contributed by atoms with Gasteiger partial charge in [-0.05, 0) is 60.3 Å². The lowest BCUT2D eigenvalue weighted by Gasteiger charge is -2.23. The van der Waals surface area contributed by atoms with Crippen LogP contribution < -0.4 is 5.32 Å². The van der Waals surface area contributed by atoms with Gasteiger partial charge < -0.3 is 10.2 Å². The summed E-state index contributed by atoms with van der Waals surface area (Å²) in [6.07, 6.45) is 3.39. The minimum absolute atomic E-state index is 0.0814. The Morgan fingerprint density at radius 1 is 1.41 bits per heavy atom. The molecule has 0 aliphatic heterocycles. The van der Waals surface area contributed by atoms with Crippen molar-refractivity contribution in [2.75, 3.05) is 20.6 Å². The summed E-state index contributed by atoms with van der Waals surface area (Å²) in [5.41, 5.74) is 2.22. The van der Waals surface area contributed by atoms with Crippen LogP contribution >= 0.6 is 27.3 Å². The number of thiophene rings is 1. The second-order valence-electron chi connectivity index (χ2n) is 5.17. The molecule has 0 bridgehead atoms. The summed E-state index contributed by atoms with van der Waals surface area (Å²) in [6, 6.07) is 10.1. The molecule has 1 aromatic heterocycles. The van der Waals surface area contributed by atoms with Crippen LogP contribution in [0.5, 0.6) is 0 Å². The van der Waals surface area contributed by atoms with E-state index in [4.69, 9.17) is 0 Å². The average Bonchev–Trinajstić information content (AvgIpc) is 2.99. The Labute approximate surface area is 143 Å². The highest BCUT2D eigenvalue weighted by molar-refractivity contribution is 9.10. The van der Waals surface area contributed by atoms with Crippen molar-refractivity contribution in [3.63, 3.8) is 0 Å². The van der Waals surface area contributed by atoms with Crippen LogP contribution in [0.2, 0.25) is 0 Å². The summed E-state index contributed by atoms with van der Waals surface area (Å²) >= 11 is 5.09. The number of rotatable bonds is 6. The highest BCUT2D eigenvalue weighted by Crippen LogP contribution is 2.20. The highest BCUT2D eigenvalue weighted by Gasteiger charge is 2.14. The molecule has 116 valence electrons. The van der Waals surface area contributed by atoms with Crippen molar-refractivity contribution in [1.29, 1.82) is 0 Å². The number of nitrogens with zero attached hydrogens (tertiary/aromatic N) is 1. The Morgan fingerprint density at radius 2 is 2.23 bits per heavy atom. The normalized spacial score (nSPS) is 12.7. The molecule has 0 aliphatic carbocycles. The van der Waals surface area contributed by atoms with Gasteiger partial charge in [-0.1, -0.05) is 28.1 Å². The molecule has 1 N–H and O–H groups in total. The first kappa shape index (κ1) is 16.9. The number of hydrogen-bond acceptors (Lipinski definition) is 3. The Morgan fingerprint density at radius 3 is 2.86 bits per heavy atom. The molecule has 0 aliphatic rings. The maximum atomic E-state index is 12.0. The van der Waals surface area contributed by atoms with Crippen LogP contribution in [0.25, 0.3) is 6.08 Å². The monoisotopic (exact) mass is 378 g/mol. The van der Waals surface area contributed by atoms with Gasteiger partial charge in [0.15, 0.2) is 0 Å². The molecule has 1 unspecified atom stereocenters. The predicted octanol–water partition coefficient (Wildman–Crippen LogP) is 3.94. The summed E-state index contributed by atoms with van der Waals surface area (Å²) in [5.74, 6) is -0.0814. The molecule has 0 saturated heterocycles. The van der Waals surface area contributed by atoms with Crippen LogP contribution in [0.1, 0.15) is 17.2 Å². The molecule has 3 nitrogen and oxygen atoms in total. The van der Waals surface area contributed by atoms with Crippen molar-refractivity contribution in [3.05, 3.63) is 62.8 Å². The predicted molar refractivity (Wildman–Crippen MR) is 96.9 cm³/mol. The second kappa shape index (κ2) is 8.27. The van der Waals surface area contributed by atoms with E-state index in [0.29, 0.717) is 6.54 Å². The van der Waals surface area contributed by atoms with Crippen LogP contribution in [-0.2, 0) is 4.79 Å². The van der Waals surface area contributed by atoms with E-state index in [1.165, 1.54) is 5.56 Å². The Hall–Kier alpha value is -1.43. The summed E-state index contributed by atoms with van der Waals surface area (Å²) < 4.78 is 1.00. The van der Waals surface area contributed by atoms with E-state index in [1.807, 2.05) is 44.4 Å². The molecule has 1 aromatic carbocycles. The largest absolute Gasteiger partial charge is 0.351 e. The van der Waals surface area contributed by atoms with Gasteiger partial charge in [-0.15, -0.1) is 0 Å². The van der Waals surface area contributed by atoms with Gasteiger partial charge in [0.05, 0.1) is 6.04 Å². The van der Waals surface area contributed by atoms with Crippen molar-refractivity contribution in [2.24, 2.45) is 0 Å². The number of likely N-dealkylation sites (N-methyl/N-ethyl adjacent to an activating group) is 1. The molecule has 5 heteroatoms. The lowest BCUT2D eigenvalue weighted by atomic mass is 10.1. The Balaban J connectivity index is 1.91. The van der Waals surface area contributed by atoms with E-state index in [-0.39, 0.29) is 11.9 Å². The lowest BCUT2D eigenvalue weighted by Crippen LogP contribution is -2.33. The smallest absolute Gasteiger partial charge is 0.244 e. The zero-order valence-electron chi connectivity index (χ0n) is 12.6. The fourth-order valence-corrected chi connectivity index (χ4v) is 3.23. The second-order valence-corrected chi connectivity index (χ2v) is 6.87. The van der Waals surface area contributed by atoms with Gasteiger partial charge in [-0.2, -0.15) is 11.3 Å². The topological polar surface area (TPSA) is 32.3 Å². The maximum Gasteiger partial charge on any atom is 0.244 e. The van der Waals surface area contributed by atoms with Gasteiger partial charge in [0.25, 0.3) is 0 Å². The van der Waals surface area contributed by atoms with Gasteiger partial charge in [0.2, 0.25) is 5.91 Å². The third kappa shape index (κ3) is 5.09. The van der Waals surface area contributed by atoms with Gasteiger partial charge >= 0.3 is 0 Å². The van der Waals surface area contributed by atoms with Crippen molar-refractivity contribution in [2.45, 2.75) is 6.04 Å². The molecule has 0 radical (unpaired) electrons. The first-order valence-corrected chi connectivity index (χ1v) is 8.70. The van der Waals surface area contributed by atoms with Crippen LogP contribution in [0.4, 0.5) is 0 Å². The van der Waals surface area contributed by atoms with E-state index < -0.39 is 0 Å². The van der Waals surface area contributed by atoms with Gasteiger partial charge in [0, 0.05) is 17.1 Å². The van der Waals surface area contributed by atoms with E-state index in [9.17, 15) is 4.79 Å². The van der Waals surface area contributed by atoms with Gasteiger partial charge in [-0.25, -0.2) is 0 Å². The van der Waals surface area contributed by atoms with Gasteiger partial charge in [0.1, 0.15) is 0 Å². The molecular formula is C17H19BrN2OS. The van der Waals surface area contributed by atoms with E-state index in [0.717, 1.165) is 10.0 Å². The summed E-state index contributed by atoms with van der Waals surface area (Å²) in [4.78, 5) is 14.1. The highest BCUT2D eigenvalue weighted by atomic mass is 79.9. The van der Waals surface area contributed by atoms with Crippen LogP contribution in [0.3, 0.4) is 0 Å². The number of carbonyl (C=O) groups excluding carboxylic acids is 1. The molecule has 2 rings (SSSR count). The summed E-state index contributed by atoms with van der Waals surface area (Å²) in [6.45, 7) is 0.589. The van der Waals surface area contributed by atoms with Crippen LogP contribution in [0.15, 0.2) is 51.6 Å². The fourth-order valence-electron chi connectivity index (χ4n) is 2.10. The van der Waals surface area contributed by atoms with Crippen molar-refractivity contribution >= 4 is 39.2 Å². The first-order chi connectivity index (χ1) is 10.6. The van der Waals surface area contributed by atoms with Crippen molar-refractivity contribution in [3.8, 4) is 0 Å². The minimum atomic E-state index is -0.0814. The quantitative estimate of drug-likeness (QED) is 0.771.